The zero-order valence-corrected chi connectivity index (χ0v) is 20.6. The molecule has 4 heterocycles. The molecule has 1 amide bonds. The molecule has 0 saturated carbocycles. The van der Waals surface area contributed by atoms with Crippen LogP contribution in [-0.2, 0) is 31.9 Å². The van der Waals surface area contributed by atoms with Crippen molar-refractivity contribution in [2.24, 2.45) is 14.1 Å². The average Bonchev–Trinajstić information content (AvgIpc) is 3.45. The van der Waals surface area contributed by atoms with Crippen LogP contribution in [0.3, 0.4) is 0 Å². The molecule has 4 aromatic rings. The summed E-state index contributed by atoms with van der Waals surface area (Å²) in [6, 6.07) is 6.29. The highest BCUT2D eigenvalue weighted by atomic mass is 16.5. The third kappa shape index (κ3) is 3.74. The summed E-state index contributed by atoms with van der Waals surface area (Å²) in [6.45, 7) is 8.75. The number of fused-ring (bicyclic) bond motifs is 4. The maximum Gasteiger partial charge on any atom is 0.219 e. The number of ether oxygens (including phenoxy) is 1. The molecule has 178 valence electrons. The van der Waals surface area contributed by atoms with Gasteiger partial charge in [-0.1, -0.05) is 13.0 Å². The topological polar surface area (TPSA) is 93.9 Å². The number of aromatic nitrogens is 6. The highest BCUT2D eigenvalue weighted by Crippen LogP contribution is 2.35. The van der Waals surface area contributed by atoms with Crippen LogP contribution < -0.4 is 4.74 Å². The number of nitrogens with zero attached hydrogens (tertiary/aromatic N) is 6. The van der Waals surface area contributed by atoms with E-state index in [1.807, 2.05) is 36.8 Å². The van der Waals surface area contributed by atoms with E-state index in [2.05, 4.69) is 47.3 Å². The van der Waals surface area contributed by atoms with Gasteiger partial charge in [-0.15, -0.1) is 0 Å². The highest BCUT2D eigenvalue weighted by Gasteiger charge is 2.25. The first-order valence-corrected chi connectivity index (χ1v) is 11.7. The molecule has 0 saturated heterocycles. The number of hydrogen-bond donors (Lipinski definition) is 1. The Morgan fingerprint density at radius 2 is 2.00 bits per heavy atom. The van der Waals surface area contributed by atoms with Gasteiger partial charge in [0.2, 0.25) is 11.8 Å². The number of amides is 1. The summed E-state index contributed by atoms with van der Waals surface area (Å²) in [5.41, 5.74) is 7.16. The van der Waals surface area contributed by atoms with E-state index < -0.39 is 0 Å². The molecule has 0 fully saturated rings. The van der Waals surface area contributed by atoms with E-state index in [1.54, 1.807) is 11.6 Å². The fourth-order valence-electron chi connectivity index (χ4n) is 4.88. The predicted octanol–water partition coefficient (Wildman–Crippen LogP) is 3.48. The van der Waals surface area contributed by atoms with Crippen molar-refractivity contribution in [2.75, 3.05) is 6.54 Å². The lowest BCUT2D eigenvalue weighted by Gasteiger charge is -2.25. The van der Waals surface area contributed by atoms with Gasteiger partial charge >= 0.3 is 0 Å². The van der Waals surface area contributed by atoms with Gasteiger partial charge in [0, 0.05) is 38.0 Å². The monoisotopic (exact) mass is 461 g/mol. The van der Waals surface area contributed by atoms with E-state index in [0.717, 1.165) is 45.5 Å². The first-order chi connectivity index (χ1) is 16.2. The Hall–Kier alpha value is -3.62. The summed E-state index contributed by atoms with van der Waals surface area (Å²) >= 11 is 0. The van der Waals surface area contributed by atoms with Gasteiger partial charge in [0.25, 0.3) is 0 Å². The number of carbonyl (C=O) groups excluding carboxylic acids is 1. The number of carbonyl (C=O) groups is 1. The first kappa shape index (κ1) is 22.2. The minimum Gasteiger partial charge on any atom is -0.472 e. The number of H-pyrrole nitrogens is 1. The minimum absolute atomic E-state index is 0.00651. The normalized spacial score (nSPS) is 18.8. The van der Waals surface area contributed by atoms with Crippen molar-refractivity contribution in [2.45, 2.75) is 52.7 Å². The van der Waals surface area contributed by atoms with Crippen LogP contribution in [0.1, 0.15) is 49.3 Å². The number of aromatic amines is 1. The van der Waals surface area contributed by atoms with Crippen molar-refractivity contribution in [3.63, 3.8) is 0 Å². The van der Waals surface area contributed by atoms with Crippen LogP contribution in [-0.4, -0.2) is 53.2 Å². The van der Waals surface area contributed by atoms with Crippen molar-refractivity contribution in [3.8, 4) is 17.0 Å². The average molecular weight is 462 g/mol. The van der Waals surface area contributed by atoms with E-state index in [1.165, 1.54) is 5.56 Å². The lowest BCUT2D eigenvalue weighted by atomic mass is 9.93. The molecule has 3 aromatic heterocycles. The molecule has 34 heavy (non-hydrogen) atoms. The minimum atomic E-state index is -0.233. The van der Waals surface area contributed by atoms with E-state index in [0.29, 0.717) is 19.0 Å². The largest absolute Gasteiger partial charge is 0.472 e. The Morgan fingerprint density at radius 3 is 2.76 bits per heavy atom. The molecule has 5 rings (SSSR count). The van der Waals surface area contributed by atoms with Gasteiger partial charge in [-0.05, 0) is 43.5 Å². The van der Waals surface area contributed by atoms with E-state index in [9.17, 15) is 4.79 Å². The van der Waals surface area contributed by atoms with Gasteiger partial charge in [0.05, 0.1) is 41.8 Å². The first-order valence-electron chi connectivity index (χ1n) is 11.7. The molecule has 1 N–H and O–H groups in total. The van der Waals surface area contributed by atoms with Crippen LogP contribution >= 0.6 is 0 Å². The third-order valence-corrected chi connectivity index (χ3v) is 6.88. The van der Waals surface area contributed by atoms with Crippen LogP contribution in [0, 0.1) is 6.92 Å². The molecule has 1 unspecified atom stereocenters. The fourth-order valence-corrected chi connectivity index (χ4v) is 4.88. The molecule has 0 aliphatic carbocycles. The maximum atomic E-state index is 12.6. The lowest BCUT2D eigenvalue weighted by molar-refractivity contribution is -0.130. The lowest BCUT2D eigenvalue weighted by Crippen LogP contribution is -2.37. The fraction of sp³-hybridized carbons (Fsp3) is 0.440. The summed E-state index contributed by atoms with van der Waals surface area (Å²) in [5.74, 6) is 0.829. The van der Waals surface area contributed by atoms with Crippen LogP contribution in [0.15, 0.2) is 24.4 Å². The molecule has 0 radical (unpaired) electrons. The van der Waals surface area contributed by atoms with Gasteiger partial charge in [-0.2, -0.15) is 15.3 Å². The Bertz CT molecular complexity index is 1380. The predicted molar refractivity (Wildman–Crippen MR) is 130 cm³/mol. The molecule has 0 spiro atoms. The third-order valence-electron chi connectivity index (χ3n) is 6.88. The Balaban J connectivity index is 1.68. The number of nitrogens with one attached hydrogen (secondary N) is 1. The second-order valence-corrected chi connectivity index (χ2v) is 9.42. The zero-order valence-electron chi connectivity index (χ0n) is 20.6. The van der Waals surface area contributed by atoms with E-state index >= 15 is 0 Å². The van der Waals surface area contributed by atoms with Gasteiger partial charge in [0.15, 0.2) is 0 Å². The smallest absolute Gasteiger partial charge is 0.219 e. The van der Waals surface area contributed by atoms with Crippen molar-refractivity contribution in [1.29, 1.82) is 0 Å². The molecule has 1 aromatic carbocycles. The molecule has 9 heteroatoms. The van der Waals surface area contributed by atoms with Crippen molar-refractivity contribution in [3.05, 3.63) is 47.0 Å². The van der Waals surface area contributed by atoms with Crippen LogP contribution in [0.4, 0.5) is 0 Å². The summed E-state index contributed by atoms with van der Waals surface area (Å²) < 4.78 is 10.0. The number of rotatable bonds is 0. The van der Waals surface area contributed by atoms with Crippen molar-refractivity contribution >= 4 is 16.8 Å². The van der Waals surface area contributed by atoms with E-state index in [-0.39, 0.29) is 17.9 Å². The second-order valence-electron chi connectivity index (χ2n) is 9.42. The molecular weight excluding hydrogens is 430 g/mol. The van der Waals surface area contributed by atoms with Crippen LogP contribution in [0.2, 0.25) is 0 Å². The van der Waals surface area contributed by atoms with Crippen LogP contribution in [0.5, 0.6) is 5.88 Å². The second kappa shape index (κ2) is 8.30. The summed E-state index contributed by atoms with van der Waals surface area (Å²) in [5, 5.41) is 18.2. The highest BCUT2D eigenvalue weighted by molar-refractivity contribution is 5.87. The number of hydrogen-bond acceptors (Lipinski definition) is 5. The Labute approximate surface area is 198 Å². The SMILES string of the molecule is CC(=O)N1Cc2nn(C)c(C)c2CC(C)c2n[nH]c3ccc(cc23)-c2cnn(C)c2O[C@@H](C)C1. The van der Waals surface area contributed by atoms with Crippen LogP contribution in [0.25, 0.3) is 22.0 Å². The molecular formula is C25H31N7O2. The van der Waals surface area contributed by atoms with Crippen molar-refractivity contribution in [1.82, 2.24) is 34.7 Å². The number of aryl methyl sites for hydroxylation is 2. The number of benzene rings is 1. The standard InChI is InChI=1S/C25H31N7O2/c1-14-9-19-16(3)30(5)29-23(19)13-32(17(4)33)12-15(2)34-25-21(11-26-31(25)6)18-7-8-22-20(10-18)24(14)28-27-22/h7-8,10-11,14-15H,9,12-13H2,1-6H3,(H,27,28)/t14?,15-/m0/s1. The maximum absolute atomic E-state index is 12.6. The quantitative estimate of drug-likeness (QED) is 0.433. The van der Waals surface area contributed by atoms with Gasteiger partial charge in [-0.3, -0.25) is 14.6 Å². The van der Waals surface area contributed by atoms with Crippen molar-refractivity contribution < 1.29 is 9.53 Å². The molecule has 9 nitrogen and oxygen atoms in total. The molecule has 1 aliphatic rings. The van der Waals surface area contributed by atoms with Gasteiger partial charge in [-0.25, -0.2) is 4.68 Å². The Kier molecular flexibility index (Phi) is 5.42. The summed E-state index contributed by atoms with van der Waals surface area (Å²) in [4.78, 5) is 14.4. The molecule has 2 atom stereocenters. The molecule has 1 aliphatic heterocycles. The van der Waals surface area contributed by atoms with E-state index in [4.69, 9.17) is 9.84 Å². The van der Waals surface area contributed by atoms with Gasteiger partial charge < -0.3 is 9.64 Å². The molecule has 2 bridgehead atoms. The van der Waals surface area contributed by atoms with Gasteiger partial charge in [0.1, 0.15) is 6.10 Å². The summed E-state index contributed by atoms with van der Waals surface area (Å²) in [6.07, 6.45) is 2.38. The Morgan fingerprint density at radius 1 is 1.21 bits per heavy atom. The zero-order chi connectivity index (χ0) is 24.1. The summed E-state index contributed by atoms with van der Waals surface area (Å²) in [7, 11) is 3.82.